The molecule has 50 valence electrons. The molecule has 0 aliphatic rings. The predicted molar refractivity (Wildman–Crippen MR) is 42.1 cm³/mol. The first-order valence-electron chi connectivity index (χ1n) is 2.74. The minimum atomic E-state index is 0.537. The molecule has 1 aromatic rings. The minimum absolute atomic E-state index is 0.537. The van der Waals surface area contributed by atoms with E-state index in [1.807, 2.05) is 23.6 Å². The van der Waals surface area contributed by atoms with Crippen LogP contribution >= 0.6 is 11.3 Å². The third kappa shape index (κ3) is 1.17. The highest BCUT2D eigenvalue weighted by atomic mass is 32.1. The van der Waals surface area contributed by atoms with E-state index >= 15 is 0 Å². The van der Waals surface area contributed by atoms with Crippen molar-refractivity contribution in [1.82, 2.24) is 0 Å². The van der Waals surface area contributed by atoms with E-state index in [1.165, 1.54) is 17.5 Å². The maximum absolute atomic E-state index is 8.51. The normalized spacial score (nSPS) is 10.9. The number of nitrogens with two attached hydrogens (primary N) is 1. The van der Waals surface area contributed by atoms with Gasteiger partial charge in [-0.2, -0.15) is 5.26 Å². The molecule has 2 N–H and O–H groups in total. The van der Waals surface area contributed by atoms with Crippen LogP contribution in [0.5, 0.6) is 0 Å². The molecule has 0 aliphatic carbocycles. The van der Waals surface area contributed by atoms with Crippen molar-refractivity contribution in [2.75, 3.05) is 0 Å². The molecule has 10 heavy (non-hydrogen) atoms. The van der Waals surface area contributed by atoms with Crippen LogP contribution in [0.3, 0.4) is 0 Å². The zero-order chi connectivity index (χ0) is 7.40. The van der Waals surface area contributed by atoms with Crippen LogP contribution in [-0.4, -0.2) is 0 Å². The third-order valence-corrected chi connectivity index (χ3v) is 1.98. The van der Waals surface area contributed by atoms with E-state index in [0.717, 1.165) is 4.88 Å². The molecule has 0 amide bonds. The van der Waals surface area contributed by atoms with Crippen LogP contribution in [0.4, 0.5) is 0 Å². The number of allylic oxidation sites excluding steroid dienone is 1. The van der Waals surface area contributed by atoms with Crippen LogP contribution in [0.15, 0.2) is 23.7 Å². The lowest BCUT2D eigenvalue weighted by molar-refractivity contribution is 1.52. The van der Waals surface area contributed by atoms with Crippen LogP contribution in [0.1, 0.15) is 4.88 Å². The van der Waals surface area contributed by atoms with Gasteiger partial charge in [0.2, 0.25) is 0 Å². The Balaban J connectivity index is 2.99. The zero-order valence-corrected chi connectivity index (χ0v) is 6.06. The Bertz CT molecular complexity index is 266. The van der Waals surface area contributed by atoms with Crippen molar-refractivity contribution in [2.24, 2.45) is 5.73 Å². The summed E-state index contributed by atoms with van der Waals surface area (Å²) in [5.74, 6) is 0. The van der Waals surface area contributed by atoms with E-state index < -0.39 is 0 Å². The van der Waals surface area contributed by atoms with Gasteiger partial charge in [0.1, 0.15) is 6.07 Å². The van der Waals surface area contributed by atoms with Crippen molar-refractivity contribution in [3.63, 3.8) is 0 Å². The Morgan fingerprint density at radius 3 is 3.00 bits per heavy atom. The fraction of sp³-hybridized carbons (Fsp3) is 0. The van der Waals surface area contributed by atoms with Gasteiger partial charge in [0.25, 0.3) is 0 Å². The summed E-state index contributed by atoms with van der Waals surface area (Å²) in [6, 6.07) is 5.76. The molecule has 0 atom stereocenters. The molecule has 3 heteroatoms. The first kappa shape index (κ1) is 6.84. The van der Waals surface area contributed by atoms with Crippen molar-refractivity contribution in [2.45, 2.75) is 0 Å². The Hall–Kier alpha value is -1.27. The fourth-order valence-electron chi connectivity index (χ4n) is 0.606. The second-order valence-corrected chi connectivity index (χ2v) is 2.62. The lowest BCUT2D eigenvalue weighted by Gasteiger charge is -1.86. The molecule has 2 nitrogen and oxygen atoms in total. The second kappa shape index (κ2) is 3.04. The molecule has 0 unspecified atom stereocenters. The number of hydrogen-bond acceptors (Lipinski definition) is 3. The van der Waals surface area contributed by atoms with Gasteiger partial charge in [-0.05, 0) is 11.4 Å². The Kier molecular flexibility index (Phi) is 2.08. The number of nitriles is 1. The lowest BCUT2D eigenvalue weighted by atomic mass is 10.3. The average Bonchev–Trinajstić information content (AvgIpc) is 2.43. The van der Waals surface area contributed by atoms with E-state index in [2.05, 4.69) is 0 Å². The third-order valence-electron chi connectivity index (χ3n) is 1.07. The highest BCUT2D eigenvalue weighted by Gasteiger charge is 1.97. The molecule has 0 spiro atoms. The molecule has 0 aromatic carbocycles. The molecule has 0 saturated carbocycles. The first-order valence-corrected chi connectivity index (χ1v) is 3.62. The minimum Gasteiger partial charge on any atom is -0.403 e. The van der Waals surface area contributed by atoms with Crippen LogP contribution < -0.4 is 5.73 Å². The van der Waals surface area contributed by atoms with Crippen LogP contribution in [0.2, 0.25) is 0 Å². The van der Waals surface area contributed by atoms with Crippen molar-refractivity contribution in [1.29, 1.82) is 5.26 Å². The SMILES string of the molecule is N#CC(=CN)c1cccs1. The molecular formula is C7H6N2S. The van der Waals surface area contributed by atoms with E-state index in [0.29, 0.717) is 5.57 Å². The largest absolute Gasteiger partial charge is 0.403 e. The Morgan fingerprint density at radius 1 is 1.80 bits per heavy atom. The van der Waals surface area contributed by atoms with Gasteiger partial charge in [0, 0.05) is 11.1 Å². The molecule has 0 fully saturated rings. The smallest absolute Gasteiger partial charge is 0.102 e. The number of thiophene rings is 1. The van der Waals surface area contributed by atoms with E-state index in [1.54, 1.807) is 0 Å². The monoisotopic (exact) mass is 150 g/mol. The average molecular weight is 150 g/mol. The van der Waals surface area contributed by atoms with Crippen molar-refractivity contribution in [3.05, 3.63) is 28.6 Å². The van der Waals surface area contributed by atoms with E-state index in [4.69, 9.17) is 11.0 Å². The van der Waals surface area contributed by atoms with Gasteiger partial charge in [0.15, 0.2) is 0 Å². The second-order valence-electron chi connectivity index (χ2n) is 1.67. The van der Waals surface area contributed by atoms with Crippen LogP contribution in [0.25, 0.3) is 5.57 Å². The maximum Gasteiger partial charge on any atom is 0.102 e. The van der Waals surface area contributed by atoms with Gasteiger partial charge in [-0.1, -0.05) is 6.07 Å². The summed E-state index contributed by atoms with van der Waals surface area (Å²) in [5.41, 5.74) is 5.73. The van der Waals surface area contributed by atoms with Gasteiger partial charge in [-0.15, -0.1) is 11.3 Å². The van der Waals surface area contributed by atoms with Gasteiger partial charge in [0.05, 0.1) is 5.57 Å². The molecular weight excluding hydrogens is 144 g/mol. The Labute approximate surface area is 63.2 Å². The molecule has 1 aromatic heterocycles. The van der Waals surface area contributed by atoms with Gasteiger partial charge in [-0.3, -0.25) is 0 Å². The van der Waals surface area contributed by atoms with E-state index in [-0.39, 0.29) is 0 Å². The number of hydrogen-bond donors (Lipinski definition) is 1. The number of rotatable bonds is 1. The predicted octanol–water partition coefficient (Wildman–Crippen LogP) is 1.57. The fourth-order valence-corrected chi connectivity index (χ4v) is 1.31. The molecule has 1 rings (SSSR count). The topological polar surface area (TPSA) is 49.8 Å². The van der Waals surface area contributed by atoms with Crippen LogP contribution in [-0.2, 0) is 0 Å². The Morgan fingerprint density at radius 2 is 2.60 bits per heavy atom. The van der Waals surface area contributed by atoms with E-state index in [9.17, 15) is 0 Å². The highest BCUT2D eigenvalue weighted by molar-refractivity contribution is 7.11. The molecule has 0 radical (unpaired) electrons. The van der Waals surface area contributed by atoms with Gasteiger partial charge < -0.3 is 5.73 Å². The van der Waals surface area contributed by atoms with Crippen molar-refractivity contribution < 1.29 is 0 Å². The summed E-state index contributed by atoms with van der Waals surface area (Å²) in [4.78, 5) is 0.921. The first-order chi connectivity index (χ1) is 4.88. The zero-order valence-electron chi connectivity index (χ0n) is 5.24. The van der Waals surface area contributed by atoms with Crippen molar-refractivity contribution in [3.8, 4) is 6.07 Å². The van der Waals surface area contributed by atoms with Gasteiger partial charge in [-0.25, -0.2) is 0 Å². The number of nitrogens with zero attached hydrogens (tertiary/aromatic N) is 1. The van der Waals surface area contributed by atoms with Gasteiger partial charge >= 0.3 is 0 Å². The summed E-state index contributed by atoms with van der Waals surface area (Å²) in [6.45, 7) is 0. The summed E-state index contributed by atoms with van der Waals surface area (Å²) in [6.07, 6.45) is 1.33. The molecule has 1 heterocycles. The lowest BCUT2D eigenvalue weighted by Crippen LogP contribution is -1.82. The summed E-state index contributed by atoms with van der Waals surface area (Å²) >= 11 is 1.51. The summed E-state index contributed by atoms with van der Waals surface area (Å²) in [5, 5.41) is 10.4. The summed E-state index contributed by atoms with van der Waals surface area (Å²) in [7, 11) is 0. The molecule has 0 aliphatic heterocycles. The molecule has 0 saturated heterocycles. The maximum atomic E-state index is 8.51. The van der Waals surface area contributed by atoms with Crippen molar-refractivity contribution >= 4 is 16.9 Å². The highest BCUT2D eigenvalue weighted by Crippen LogP contribution is 2.17. The molecule has 0 bridgehead atoms. The standard InChI is InChI=1S/C7H6N2S/c8-4-6(5-9)7-2-1-3-10-7/h1-4H,8H2. The summed E-state index contributed by atoms with van der Waals surface area (Å²) < 4.78 is 0. The quantitative estimate of drug-likeness (QED) is 0.618. The van der Waals surface area contributed by atoms with Crippen LogP contribution in [0, 0.1) is 11.3 Å².